The Kier molecular flexibility index (Phi) is 4.35. The summed E-state index contributed by atoms with van der Waals surface area (Å²) < 4.78 is 13.8. The van der Waals surface area contributed by atoms with Crippen LogP contribution in [0, 0.1) is 12.7 Å². The fourth-order valence-electron chi connectivity index (χ4n) is 2.13. The molecule has 0 aliphatic carbocycles. The molecule has 1 atom stereocenters. The molecule has 0 bridgehead atoms. The van der Waals surface area contributed by atoms with E-state index in [9.17, 15) is 4.39 Å². The highest BCUT2D eigenvalue weighted by atomic mass is 32.1. The second-order valence-corrected chi connectivity index (χ2v) is 5.24. The number of halogens is 1. The average Bonchev–Trinajstić information content (AvgIpc) is 2.38. The van der Waals surface area contributed by atoms with Crippen LogP contribution < -0.4 is 11.1 Å². The number of hydrogen-bond acceptors (Lipinski definition) is 2. The van der Waals surface area contributed by atoms with Crippen molar-refractivity contribution in [1.29, 1.82) is 0 Å². The molecule has 0 amide bonds. The minimum atomic E-state index is -0.225. The van der Waals surface area contributed by atoms with Gasteiger partial charge in [-0.15, -0.1) is 0 Å². The Hall–Kier alpha value is -1.94. The smallest absolute Gasteiger partial charge is 0.128 e. The van der Waals surface area contributed by atoms with Crippen LogP contribution in [0.15, 0.2) is 42.5 Å². The van der Waals surface area contributed by atoms with Gasteiger partial charge in [0.1, 0.15) is 10.8 Å². The maximum atomic E-state index is 13.8. The van der Waals surface area contributed by atoms with Crippen LogP contribution in [0.2, 0.25) is 0 Å². The number of hydrogen-bond donors (Lipinski definition) is 2. The van der Waals surface area contributed by atoms with E-state index in [0.29, 0.717) is 10.6 Å². The Morgan fingerprint density at radius 2 is 1.95 bits per heavy atom. The van der Waals surface area contributed by atoms with Crippen LogP contribution in [0.25, 0.3) is 0 Å². The van der Waals surface area contributed by atoms with Gasteiger partial charge in [0.15, 0.2) is 0 Å². The van der Waals surface area contributed by atoms with Crippen LogP contribution in [-0.4, -0.2) is 4.99 Å². The Labute approximate surface area is 123 Å². The molecule has 1 unspecified atom stereocenters. The SMILES string of the molecule is Cc1ccc(C(N)=S)c(NC(C)c2ccccc2F)c1. The van der Waals surface area contributed by atoms with Gasteiger partial charge in [-0.05, 0) is 37.6 Å². The Morgan fingerprint density at radius 3 is 2.60 bits per heavy atom. The lowest BCUT2D eigenvalue weighted by atomic mass is 10.1. The van der Waals surface area contributed by atoms with Crippen LogP contribution in [-0.2, 0) is 0 Å². The fourth-order valence-corrected chi connectivity index (χ4v) is 2.31. The molecule has 0 aromatic heterocycles. The first-order valence-electron chi connectivity index (χ1n) is 6.40. The van der Waals surface area contributed by atoms with Crippen molar-refractivity contribution in [1.82, 2.24) is 0 Å². The summed E-state index contributed by atoms with van der Waals surface area (Å²) in [7, 11) is 0. The molecule has 2 rings (SSSR count). The first-order valence-corrected chi connectivity index (χ1v) is 6.81. The molecule has 0 saturated carbocycles. The predicted octanol–water partition coefficient (Wildman–Crippen LogP) is 3.94. The topological polar surface area (TPSA) is 38.0 Å². The predicted molar refractivity (Wildman–Crippen MR) is 85.5 cm³/mol. The van der Waals surface area contributed by atoms with E-state index in [1.807, 2.05) is 38.1 Å². The van der Waals surface area contributed by atoms with Gasteiger partial charge in [0.25, 0.3) is 0 Å². The molecular weight excluding hydrogens is 271 g/mol. The summed E-state index contributed by atoms with van der Waals surface area (Å²) in [6.07, 6.45) is 0. The van der Waals surface area contributed by atoms with Gasteiger partial charge in [0.2, 0.25) is 0 Å². The molecule has 3 N–H and O–H groups in total. The summed E-state index contributed by atoms with van der Waals surface area (Å²) in [5.41, 5.74) is 9.03. The van der Waals surface area contributed by atoms with E-state index in [-0.39, 0.29) is 11.9 Å². The molecule has 0 aliphatic rings. The van der Waals surface area contributed by atoms with Gasteiger partial charge in [-0.2, -0.15) is 0 Å². The van der Waals surface area contributed by atoms with Gasteiger partial charge >= 0.3 is 0 Å². The Balaban J connectivity index is 2.32. The zero-order valence-electron chi connectivity index (χ0n) is 11.5. The van der Waals surface area contributed by atoms with Crippen LogP contribution >= 0.6 is 12.2 Å². The fraction of sp³-hybridized carbons (Fsp3) is 0.188. The number of anilines is 1. The first kappa shape index (κ1) is 14.5. The molecule has 20 heavy (non-hydrogen) atoms. The average molecular weight is 288 g/mol. The van der Waals surface area contributed by atoms with Crippen molar-refractivity contribution in [2.45, 2.75) is 19.9 Å². The van der Waals surface area contributed by atoms with E-state index in [0.717, 1.165) is 16.8 Å². The van der Waals surface area contributed by atoms with Gasteiger partial charge in [-0.25, -0.2) is 4.39 Å². The molecule has 0 spiro atoms. The second-order valence-electron chi connectivity index (χ2n) is 4.80. The number of benzene rings is 2. The Morgan fingerprint density at radius 1 is 1.25 bits per heavy atom. The zero-order chi connectivity index (χ0) is 14.7. The van der Waals surface area contributed by atoms with Gasteiger partial charge in [-0.3, -0.25) is 0 Å². The van der Waals surface area contributed by atoms with Crippen LogP contribution in [0.1, 0.15) is 29.7 Å². The number of nitrogens with two attached hydrogens (primary N) is 1. The molecule has 0 radical (unpaired) electrons. The van der Waals surface area contributed by atoms with Gasteiger partial charge in [-0.1, -0.05) is 36.5 Å². The molecule has 4 heteroatoms. The number of rotatable bonds is 4. The van der Waals surface area contributed by atoms with E-state index in [1.165, 1.54) is 6.07 Å². The summed E-state index contributed by atoms with van der Waals surface area (Å²) in [5.74, 6) is -0.225. The second kappa shape index (κ2) is 6.01. The van der Waals surface area contributed by atoms with Gasteiger partial charge in [0, 0.05) is 16.8 Å². The maximum absolute atomic E-state index is 13.8. The summed E-state index contributed by atoms with van der Waals surface area (Å²) in [6.45, 7) is 3.90. The molecule has 2 aromatic carbocycles. The highest BCUT2D eigenvalue weighted by Crippen LogP contribution is 2.25. The van der Waals surface area contributed by atoms with Crippen LogP contribution in [0.4, 0.5) is 10.1 Å². The molecule has 104 valence electrons. The standard InChI is InChI=1S/C16H17FN2S/c1-10-7-8-13(16(18)20)15(9-10)19-11(2)12-5-3-4-6-14(12)17/h3-9,11,19H,1-2H3,(H2,18,20). The summed E-state index contributed by atoms with van der Waals surface area (Å²) in [6, 6.07) is 12.3. The highest BCUT2D eigenvalue weighted by molar-refractivity contribution is 7.80. The highest BCUT2D eigenvalue weighted by Gasteiger charge is 2.13. The molecule has 0 aliphatic heterocycles. The van der Waals surface area contributed by atoms with E-state index in [2.05, 4.69) is 5.32 Å². The van der Waals surface area contributed by atoms with E-state index in [4.69, 9.17) is 18.0 Å². The normalized spacial score (nSPS) is 11.9. The summed E-state index contributed by atoms with van der Waals surface area (Å²) in [5, 5.41) is 3.28. The van der Waals surface area contributed by atoms with Crippen molar-refractivity contribution < 1.29 is 4.39 Å². The van der Waals surface area contributed by atoms with Gasteiger partial charge in [0.05, 0.1) is 6.04 Å². The van der Waals surface area contributed by atoms with Gasteiger partial charge < -0.3 is 11.1 Å². The van der Waals surface area contributed by atoms with Crippen molar-refractivity contribution >= 4 is 22.9 Å². The van der Waals surface area contributed by atoms with Crippen molar-refractivity contribution in [3.63, 3.8) is 0 Å². The van der Waals surface area contributed by atoms with Crippen molar-refractivity contribution in [3.8, 4) is 0 Å². The first-order chi connectivity index (χ1) is 9.49. The van der Waals surface area contributed by atoms with Crippen LogP contribution in [0.5, 0.6) is 0 Å². The number of aryl methyl sites for hydroxylation is 1. The van der Waals surface area contributed by atoms with Crippen LogP contribution in [0.3, 0.4) is 0 Å². The zero-order valence-corrected chi connectivity index (χ0v) is 12.3. The third-order valence-corrected chi connectivity index (χ3v) is 3.40. The molecule has 0 saturated heterocycles. The quantitative estimate of drug-likeness (QED) is 0.837. The molecule has 0 fully saturated rings. The summed E-state index contributed by atoms with van der Waals surface area (Å²) >= 11 is 5.05. The maximum Gasteiger partial charge on any atom is 0.128 e. The monoisotopic (exact) mass is 288 g/mol. The minimum Gasteiger partial charge on any atom is -0.389 e. The molecule has 0 heterocycles. The Bertz CT molecular complexity index is 640. The van der Waals surface area contributed by atoms with E-state index < -0.39 is 0 Å². The van der Waals surface area contributed by atoms with Crippen molar-refractivity contribution in [3.05, 3.63) is 65.0 Å². The lowest BCUT2D eigenvalue weighted by molar-refractivity contribution is 0.600. The molecular formula is C16H17FN2S. The van der Waals surface area contributed by atoms with Crippen molar-refractivity contribution in [2.24, 2.45) is 5.73 Å². The van der Waals surface area contributed by atoms with Crippen molar-refractivity contribution in [2.75, 3.05) is 5.32 Å². The molecule has 2 aromatic rings. The largest absolute Gasteiger partial charge is 0.389 e. The third kappa shape index (κ3) is 3.14. The lowest BCUT2D eigenvalue weighted by Gasteiger charge is -2.19. The third-order valence-electron chi connectivity index (χ3n) is 3.18. The summed E-state index contributed by atoms with van der Waals surface area (Å²) in [4.78, 5) is 0.327. The lowest BCUT2D eigenvalue weighted by Crippen LogP contribution is -2.15. The van der Waals surface area contributed by atoms with E-state index in [1.54, 1.807) is 12.1 Å². The molecule has 2 nitrogen and oxygen atoms in total. The van der Waals surface area contributed by atoms with E-state index >= 15 is 0 Å². The number of nitrogens with one attached hydrogen (secondary N) is 1. The number of thiocarbonyl (C=S) groups is 1. The minimum absolute atomic E-state index is 0.175.